The average molecular weight is 325 g/mol. The SMILES string of the molecule is C=CCN(CCC)c1ccc(Br)cc1C(C)NCC. The molecule has 1 rings (SSSR count). The van der Waals surface area contributed by atoms with Crippen molar-refractivity contribution in [2.24, 2.45) is 0 Å². The lowest BCUT2D eigenvalue weighted by molar-refractivity contribution is 0.595. The Balaban J connectivity index is 3.12. The van der Waals surface area contributed by atoms with Crippen LogP contribution >= 0.6 is 15.9 Å². The van der Waals surface area contributed by atoms with Crippen molar-refractivity contribution in [3.05, 3.63) is 40.9 Å². The van der Waals surface area contributed by atoms with E-state index < -0.39 is 0 Å². The Bertz CT molecular complexity index is 404. The van der Waals surface area contributed by atoms with Crippen molar-refractivity contribution in [2.75, 3.05) is 24.5 Å². The number of benzene rings is 1. The van der Waals surface area contributed by atoms with Gasteiger partial charge in [0.05, 0.1) is 0 Å². The van der Waals surface area contributed by atoms with Crippen LogP contribution in [-0.4, -0.2) is 19.6 Å². The van der Waals surface area contributed by atoms with Crippen molar-refractivity contribution < 1.29 is 0 Å². The smallest absolute Gasteiger partial charge is 0.0418 e. The molecule has 1 aromatic carbocycles. The van der Waals surface area contributed by atoms with E-state index >= 15 is 0 Å². The molecule has 0 radical (unpaired) electrons. The Labute approximate surface area is 126 Å². The third-order valence-corrected chi connectivity index (χ3v) is 3.64. The molecule has 1 unspecified atom stereocenters. The molecule has 0 bridgehead atoms. The molecular weight excluding hydrogens is 300 g/mol. The highest BCUT2D eigenvalue weighted by Gasteiger charge is 2.14. The highest BCUT2D eigenvalue weighted by atomic mass is 79.9. The molecule has 0 saturated heterocycles. The first-order chi connectivity index (χ1) is 9.13. The standard InChI is InChI=1S/C16H25BrN2/c1-5-10-19(11-6-2)16-9-8-14(17)12-15(16)13(4)18-7-3/h5,8-9,12-13,18H,1,6-7,10-11H2,2-4H3. The summed E-state index contributed by atoms with van der Waals surface area (Å²) in [6.45, 7) is 13.4. The van der Waals surface area contributed by atoms with Crippen molar-refractivity contribution >= 4 is 21.6 Å². The van der Waals surface area contributed by atoms with E-state index in [1.807, 2.05) is 6.08 Å². The number of hydrogen-bond acceptors (Lipinski definition) is 2. The fourth-order valence-electron chi connectivity index (χ4n) is 2.31. The van der Waals surface area contributed by atoms with Gasteiger partial charge in [-0.05, 0) is 43.7 Å². The van der Waals surface area contributed by atoms with Crippen LogP contribution in [0.5, 0.6) is 0 Å². The van der Waals surface area contributed by atoms with Crippen LogP contribution in [0.3, 0.4) is 0 Å². The molecule has 0 aliphatic carbocycles. The lowest BCUT2D eigenvalue weighted by Crippen LogP contribution is -2.27. The first-order valence-corrected chi connectivity index (χ1v) is 7.82. The number of nitrogens with one attached hydrogen (secondary N) is 1. The molecule has 0 heterocycles. The quantitative estimate of drug-likeness (QED) is 0.707. The van der Waals surface area contributed by atoms with Crippen molar-refractivity contribution in [2.45, 2.75) is 33.2 Å². The van der Waals surface area contributed by atoms with Gasteiger partial charge in [-0.25, -0.2) is 0 Å². The predicted molar refractivity (Wildman–Crippen MR) is 88.9 cm³/mol. The zero-order valence-electron chi connectivity index (χ0n) is 12.2. The number of halogens is 1. The summed E-state index contributed by atoms with van der Waals surface area (Å²) in [7, 11) is 0. The van der Waals surface area contributed by atoms with E-state index in [2.05, 4.69) is 71.7 Å². The van der Waals surface area contributed by atoms with Gasteiger partial charge in [0.2, 0.25) is 0 Å². The van der Waals surface area contributed by atoms with Crippen LogP contribution in [0.1, 0.15) is 38.8 Å². The summed E-state index contributed by atoms with van der Waals surface area (Å²) in [5.74, 6) is 0. The molecule has 0 aliphatic heterocycles. The van der Waals surface area contributed by atoms with Crippen LogP contribution < -0.4 is 10.2 Å². The minimum Gasteiger partial charge on any atom is -0.368 e. The van der Waals surface area contributed by atoms with E-state index in [0.717, 1.165) is 30.5 Å². The Morgan fingerprint density at radius 1 is 1.42 bits per heavy atom. The Morgan fingerprint density at radius 2 is 2.16 bits per heavy atom. The number of nitrogens with zero attached hydrogens (tertiary/aromatic N) is 1. The maximum atomic E-state index is 3.87. The van der Waals surface area contributed by atoms with Crippen LogP contribution in [0.2, 0.25) is 0 Å². The summed E-state index contributed by atoms with van der Waals surface area (Å²) in [5, 5.41) is 3.50. The minimum atomic E-state index is 0.349. The minimum absolute atomic E-state index is 0.349. The van der Waals surface area contributed by atoms with Gasteiger partial charge >= 0.3 is 0 Å². The molecule has 0 fully saturated rings. The van der Waals surface area contributed by atoms with E-state index in [1.165, 1.54) is 11.3 Å². The lowest BCUT2D eigenvalue weighted by atomic mass is 10.0. The molecule has 1 N–H and O–H groups in total. The van der Waals surface area contributed by atoms with Crippen LogP contribution in [0.15, 0.2) is 35.3 Å². The molecule has 3 heteroatoms. The first-order valence-electron chi connectivity index (χ1n) is 7.02. The third-order valence-electron chi connectivity index (χ3n) is 3.15. The maximum Gasteiger partial charge on any atom is 0.0418 e. The van der Waals surface area contributed by atoms with Gasteiger partial charge in [-0.15, -0.1) is 6.58 Å². The predicted octanol–water partition coefficient (Wildman–Crippen LogP) is 4.52. The molecule has 1 aromatic rings. The molecule has 0 amide bonds. The highest BCUT2D eigenvalue weighted by Crippen LogP contribution is 2.29. The van der Waals surface area contributed by atoms with E-state index in [1.54, 1.807) is 0 Å². The molecule has 0 spiro atoms. The van der Waals surface area contributed by atoms with Gasteiger partial charge in [0.15, 0.2) is 0 Å². The molecular formula is C16H25BrN2. The molecule has 19 heavy (non-hydrogen) atoms. The van der Waals surface area contributed by atoms with Crippen molar-refractivity contribution in [1.29, 1.82) is 0 Å². The largest absolute Gasteiger partial charge is 0.368 e. The van der Waals surface area contributed by atoms with Gasteiger partial charge in [-0.2, -0.15) is 0 Å². The summed E-state index contributed by atoms with van der Waals surface area (Å²) in [6.07, 6.45) is 3.11. The Kier molecular flexibility index (Phi) is 7.17. The van der Waals surface area contributed by atoms with Gasteiger partial charge in [0.1, 0.15) is 0 Å². The van der Waals surface area contributed by atoms with E-state index in [-0.39, 0.29) is 0 Å². The lowest BCUT2D eigenvalue weighted by Gasteiger charge is -2.28. The van der Waals surface area contributed by atoms with Crippen LogP contribution in [0, 0.1) is 0 Å². The van der Waals surface area contributed by atoms with E-state index in [4.69, 9.17) is 0 Å². The normalized spacial score (nSPS) is 12.2. The summed E-state index contributed by atoms with van der Waals surface area (Å²) in [6, 6.07) is 6.88. The maximum absolute atomic E-state index is 3.87. The first kappa shape index (κ1) is 16.3. The van der Waals surface area contributed by atoms with Crippen LogP contribution in [0.25, 0.3) is 0 Å². The van der Waals surface area contributed by atoms with E-state index in [0.29, 0.717) is 6.04 Å². The second-order valence-corrected chi connectivity index (χ2v) is 5.63. The topological polar surface area (TPSA) is 15.3 Å². The third kappa shape index (κ3) is 4.66. The molecule has 2 nitrogen and oxygen atoms in total. The fraction of sp³-hybridized carbons (Fsp3) is 0.500. The summed E-state index contributed by atoms with van der Waals surface area (Å²) in [5.41, 5.74) is 2.64. The average Bonchev–Trinajstić information content (AvgIpc) is 2.39. The van der Waals surface area contributed by atoms with Gasteiger partial charge in [-0.1, -0.05) is 35.9 Å². The summed E-state index contributed by atoms with van der Waals surface area (Å²) >= 11 is 3.58. The Hall–Kier alpha value is -0.800. The number of hydrogen-bond donors (Lipinski definition) is 1. The molecule has 106 valence electrons. The van der Waals surface area contributed by atoms with Crippen LogP contribution in [0.4, 0.5) is 5.69 Å². The summed E-state index contributed by atoms with van der Waals surface area (Å²) in [4.78, 5) is 2.39. The highest BCUT2D eigenvalue weighted by molar-refractivity contribution is 9.10. The van der Waals surface area contributed by atoms with Crippen molar-refractivity contribution in [3.63, 3.8) is 0 Å². The van der Waals surface area contributed by atoms with E-state index in [9.17, 15) is 0 Å². The zero-order chi connectivity index (χ0) is 14.3. The second-order valence-electron chi connectivity index (χ2n) is 4.72. The zero-order valence-corrected chi connectivity index (χ0v) is 13.8. The molecule has 0 aromatic heterocycles. The van der Waals surface area contributed by atoms with Gasteiger partial charge in [-0.3, -0.25) is 0 Å². The molecule has 0 aliphatic rings. The second kappa shape index (κ2) is 8.39. The monoisotopic (exact) mass is 324 g/mol. The van der Waals surface area contributed by atoms with Gasteiger partial charge in [0, 0.05) is 29.3 Å². The van der Waals surface area contributed by atoms with Gasteiger partial charge in [0.25, 0.3) is 0 Å². The number of anilines is 1. The van der Waals surface area contributed by atoms with Crippen LogP contribution in [-0.2, 0) is 0 Å². The molecule has 0 saturated carbocycles. The summed E-state index contributed by atoms with van der Waals surface area (Å²) < 4.78 is 1.13. The Morgan fingerprint density at radius 3 is 2.74 bits per heavy atom. The number of rotatable bonds is 8. The van der Waals surface area contributed by atoms with Crippen molar-refractivity contribution in [1.82, 2.24) is 5.32 Å². The fourth-order valence-corrected chi connectivity index (χ4v) is 2.69. The van der Waals surface area contributed by atoms with Crippen molar-refractivity contribution in [3.8, 4) is 0 Å². The molecule has 1 atom stereocenters. The van der Waals surface area contributed by atoms with Gasteiger partial charge < -0.3 is 10.2 Å².